The molecule has 1 fully saturated rings. The molecule has 2 amide bonds. The number of piperidine rings is 1. The van der Waals surface area contributed by atoms with E-state index < -0.39 is 18.6 Å². The fourth-order valence-electron chi connectivity index (χ4n) is 2.26. The SMILES string of the molecule is NC(=O)c1cnc(NC(=O)C2CCN(CC(F)(F)F)CC2)s1. The Morgan fingerprint density at radius 2 is 2.05 bits per heavy atom. The van der Waals surface area contributed by atoms with Gasteiger partial charge in [0.25, 0.3) is 5.91 Å². The summed E-state index contributed by atoms with van der Waals surface area (Å²) in [6.45, 7) is -0.500. The number of thiazole rings is 1. The van der Waals surface area contributed by atoms with Gasteiger partial charge in [-0.2, -0.15) is 13.2 Å². The van der Waals surface area contributed by atoms with Crippen LogP contribution in [0.25, 0.3) is 0 Å². The Labute approximate surface area is 128 Å². The van der Waals surface area contributed by atoms with Gasteiger partial charge >= 0.3 is 6.18 Å². The number of likely N-dealkylation sites (tertiary alicyclic amines) is 1. The minimum atomic E-state index is -4.22. The van der Waals surface area contributed by atoms with Crippen molar-refractivity contribution in [3.05, 3.63) is 11.1 Å². The van der Waals surface area contributed by atoms with Gasteiger partial charge < -0.3 is 11.1 Å². The van der Waals surface area contributed by atoms with Gasteiger partial charge in [0.15, 0.2) is 5.13 Å². The number of nitrogens with zero attached hydrogens (tertiary/aromatic N) is 2. The molecule has 3 N–H and O–H groups in total. The number of nitrogens with two attached hydrogens (primary N) is 1. The highest BCUT2D eigenvalue weighted by atomic mass is 32.1. The average Bonchev–Trinajstić information content (AvgIpc) is 2.86. The molecule has 1 aromatic rings. The van der Waals surface area contributed by atoms with E-state index in [0.717, 1.165) is 11.3 Å². The standard InChI is InChI=1S/C12H15F3N4O2S/c13-12(14,15)6-19-3-1-7(2-4-19)10(21)18-11-17-5-8(22-11)9(16)20/h5,7H,1-4,6H2,(H2,16,20)(H,17,18,21). The van der Waals surface area contributed by atoms with Crippen LogP contribution in [-0.4, -0.2) is 47.5 Å². The van der Waals surface area contributed by atoms with Crippen LogP contribution < -0.4 is 11.1 Å². The van der Waals surface area contributed by atoms with Crippen LogP contribution in [0.1, 0.15) is 22.5 Å². The van der Waals surface area contributed by atoms with Crippen molar-refractivity contribution in [1.29, 1.82) is 0 Å². The van der Waals surface area contributed by atoms with Crippen molar-refractivity contribution in [2.45, 2.75) is 19.0 Å². The van der Waals surface area contributed by atoms with E-state index in [1.54, 1.807) is 0 Å². The molecular formula is C12H15F3N4O2S. The molecule has 1 aromatic heterocycles. The van der Waals surface area contributed by atoms with E-state index in [9.17, 15) is 22.8 Å². The Kier molecular flexibility index (Phi) is 5.01. The van der Waals surface area contributed by atoms with Crippen molar-refractivity contribution in [3.63, 3.8) is 0 Å². The molecule has 10 heteroatoms. The fourth-order valence-corrected chi connectivity index (χ4v) is 2.93. The Morgan fingerprint density at radius 1 is 1.41 bits per heavy atom. The van der Waals surface area contributed by atoms with Crippen LogP contribution in [0.2, 0.25) is 0 Å². The average molecular weight is 336 g/mol. The zero-order valence-corrected chi connectivity index (χ0v) is 12.3. The second-order valence-corrected chi connectivity index (χ2v) is 6.08. The third kappa shape index (κ3) is 4.67. The predicted octanol–water partition coefficient (Wildman–Crippen LogP) is 1.45. The molecule has 0 aromatic carbocycles. The number of aromatic nitrogens is 1. The number of primary amides is 1. The molecular weight excluding hydrogens is 321 g/mol. The molecule has 0 saturated carbocycles. The molecule has 1 aliphatic heterocycles. The summed E-state index contributed by atoms with van der Waals surface area (Å²) in [6, 6.07) is 0. The van der Waals surface area contributed by atoms with Crippen molar-refractivity contribution >= 4 is 28.3 Å². The highest BCUT2D eigenvalue weighted by Crippen LogP contribution is 2.24. The quantitative estimate of drug-likeness (QED) is 0.871. The van der Waals surface area contributed by atoms with Crippen LogP contribution in [-0.2, 0) is 4.79 Å². The van der Waals surface area contributed by atoms with Crippen LogP contribution in [0.3, 0.4) is 0 Å². The van der Waals surface area contributed by atoms with Gasteiger partial charge in [-0.25, -0.2) is 4.98 Å². The molecule has 0 spiro atoms. The van der Waals surface area contributed by atoms with E-state index in [1.165, 1.54) is 11.1 Å². The Hall–Kier alpha value is -1.68. The van der Waals surface area contributed by atoms with E-state index in [-0.39, 0.29) is 34.9 Å². The molecule has 0 unspecified atom stereocenters. The first-order chi connectivity index (χ1) is 10.2. The number of carbonyl (C=O) groups excluding carboxylic acids is 2. The van der Waals surface area contributed by atoms with Crippen molar-refractivity contribution in [2.24, 2.45) is 11.7 Å². The molecule has 2 rings (SSSR count). The van der Waals surface area contributed by atoms with Crippen LogP contribution in [0.15, 0.2) is 6.20 Å². The van der Waals surface area contributed by atoms with Crippen LogP contribution in [0, 0.1) is 5.92 Å². The topological polar surface area (TPSA) is 88.3 Å². The lowest BCUT2D eigenvalue weighted by Gasteiger charge is -2.31. The summed E-state index contributed by atoms with van der Waals surface area (Å²) >= 11 is 0.965. The summed E-state index contributed by atoms with van der Waals surface area (Å²) in [7, 11) is 0. The van der Waals surface area contributed by atoms with Gasteiger partial charge in [0.2, 0.25) is 5.91 Å². The summed E-state index contributed by atoms with van der Waals surface area (Å²) < 4.78 is 36.9. The molecule has 0 radical (unpaired) electrons. The van der Waals surface area contributed by atoms with Gasteiger partial charge in [0.1, 0.15) is 4.88 Å². The minimum Gasteiger partial charge on any atom is -0.365 e. The number of carbonyl (C=O) groups is 2. The van der Waals surface area contributed by atoms with E-state index in [1.807, 2.05) is 0 Å². The first-order valence-electron chi connectivity index (χ1n) is 6.60. The second-order valence-electron chi connectivity index (χ2n) is 5.05. The van der Waals surface area contributed by atoms with Gasteiger partial charge in [0.05, 0.1) is 12.7 Å². The molecule has 122 valence electrons. The Bertz CT molecular complexity index is 553. The zero-order chi connectivity index (χ0) is 16.3. The number of hydrogen-bond donors (Lipinski definition) is 2. The second kappa shape index (κ2) is 6.61. The maximum absolute atomic E-state index is 12.3. The van der Waals surface area contributed by atoms with E-state index >= 15 is 0 Å². The van der Waals surface area contributed by atoms with Crippen molar-refractivity contribution in [3.8, 4) is 0 Å². The Morgan fingerprint density at radius 3 is 2.55 bits per heavy atom. The van der Waals surface area contributed by atoms with Gasteiger partial charge in [-0.3, -0.25) is 14.5 Å². The Balaban J connectivity index is 1.83. The monoisotopic (exact) mass is 336 g/mol. The smallest absolute Gasteiger partial charge is 0.365 e. The highest BCUT2D eigenvalue weighted by Gasteiger charge is 2.34. The van der Waals surface area contributed by atoms with E-state index in [4.69, 9.17) is 5.73 Å². The lowest BCUT2D eigenvalue weighted by molar-refractivity contribution is -0.149. The third-order valence-electron chi connectivity index (χ3n) is 3.34. The number of nitrogens with one attached hydrogen (secondary N) is 1. The lowest BCUT2D eigenvalue weighted by atomic mass is 9.96. The number of anilines is 1. The van der Waals surface area contributed by atoms with Crippen molar-refractivity contribution < 1.29 is 22.8 Å². The predicted molar refractivity (Wildman–Crippen MR) is 74.5 cm³/mol. The molecule has 1 saturated heterocycles. The molecule has 6 nitrogen and oxygen atoms in total. The van der Waals surface area contributed by atoms with Gasteiger partial charge in [-0.05, 0) is 25.9 Å². The number of alkyl halides is 3. The molecule has 0 atom stereocenters. The van der Waals surface area contributed by atoms with Crippen LogP contribution in [0.4, 0.5) is 18.3 Å². The van der Waals surface area contributed by atoms with E-state index in [0.29, 0.717) is 12.8 Å². The van der Waals surface area contributed by atoms with E-state index in [2.05, 4.69) is 10.3 Å². The summed E-state index contributed by atoms with van der Waals surface area (Å²) in [4.78, 5) is 28.4. The maximum atomic E-state index is 12.3. The highest BCUT2D eigenvalue weighted by molar-refractivity contribution is 7.17. The van der Waals surface area contributed by atoms with Gasteiger partial charge in [-0.1, -0.05) is 11.3 Å². The zero-order valence-electron chi connectivity index (χ0n) is 11.5. The number of halogens is 3. The largest absolute Gasteiger partial charge is 0.401 e. The van der Waals surface area contributed by atoms with Gasteiger partial charge in [0, 0.05) is 5.92 Å². The number of hydrogen-bond acceptors (Lipinski definition) is 5. The molecule has 0 aliphatic carbocycles. The summed E-state index contributed by atoms with van der Waals surface area (Å²) in [6.07, 6.45) is -2.23. The molecule has 2 heterocycles. The third-order valence-corrected chi connectivity index (χ3v) is 4.27. The summed E-state index contributed by atoms with van der Waals surface area (Å²) in [5.74, 6) is -1.28. The summed E-state index contributed by atoms with van der Waals surface area (Å²) in [5, 5.41) is 2.83. The maximum Gasteiger partial charge on any atom is 0.401 e. The number of amides is 2. The first-order valence-corrected chi connectivity index (χ1v) is 7.42. The fraction of sp³-hybridized carbons (Fsp3) is 0.583. The van der Waals surface area contributed by atoms with Crippen molar-refractivity contribution in [1.82, 2.24) is 9.88 Å². The number of rotatable bonds is 4. The van der Waals surface area contributed by atoms with Crippen molar-refractivity contribution in [2.75, 3.05) is 25.0 Å². The normalized spacial score (nSPS) is 17.4. The molecule has 1 aliphatic rings. The molecule has 0 bridgehead atoms. The van der Waals surface area contributed by atoms with Crippen LogP contribution >= 0.6 is 11.3 Å². The summed E-state index contributed by atoms with van der Waals surface area (Å²) in [5.41, 5.74) is 5.09. The van der Waals surface area contributed by atoms with Crippen LogP contribution in [0.5, 0.6) is 0 Å². The lowest BCUT2D eigenvalue weighted by Crippen LogP contribution is -2.42. The van der Waals surface area contributed by atoms with Gasteiger partial charge in [-0.15, -0.1) is 0 Å². The first kappa shape index (κ1) is 16.7. The minimum absolute atomic E-state index is 0.224. The molecule has 22 heavy (non-hydrogen) atoms.